The lowest BCUT2D eigenvalue weighted by atomic mass is 9.93. The van der Waals surface area contributed by atoms with Crippen molar-refractivity contribution in [2.45, 2.75) is 26.3 Å². The van der Waals surface area contributed by atoms with Gasteiger partial charge in [-0.25, -0.2) is 9.37 Å². The number of carbonyl (C=O) groups excluding carboxylic acids is 1. The normalized spacial score (nSPS) is 11.0. The molecule has 0 saturated heterocycles. The van der Waals surface area contributed by atoms with E-state index in [2.05, 4.69) is 5.32 Å². The van der Waals surface area contributed by atoms with E-state index in [1.165, 1.54) is 13.2 Å². The van der Waals surface area contributed by atoms with Gasteiger partial charge in [-0.05, 0) is 55.1 Å². The van der Waals surface area contributed by atoms with Gasteiger partial charge >= 0.3 is 0 Å². The molecule has 4 nitrogen and oxygen atoms in total. The fourth-order valence-electron chi connectivity index (χ4n) is 3.08. The average molecular weight is 364 g/mol. The second-order valence-corrected chi connectivity index (χ2v) is 6.94. The first-order valence-electron chi connectivity index (χ1n) is 8.91. The number of methoxy groups -OCH3 is 1. The van der Waals surface area contributed by atoms with Crippen molar-refractivity contribution < 1.29 is 13.9 Å². The molecule has 0 unspecified atom stereocenters. The quantitative estimate of drug-likeness (QED) is 0.708. The smallest absolute Gasteiger partial charge is 0.224 e. The summed E-state index contributed by atoms with van der Waals surface area (Å²) < 4.78 is 18.9. The largest absolute Gasteiger partial charge is 0.494 e. The fourth-order valence-corrected chi connectivity index (χ4v) is 3.08. The van der Waals surface area contributed by atoms with Crippen LogP contribution in [0, 0.1) is 5.82 Å². The Morgan fingerprint density at radius 1 is 1.22 bits per heavy atom. The topological polar surface area (TPSA) is 51.2 Å². The lowest BCUT2D eigenvalue weighted by Crippen LogP contribution is -2.31. The Balaban J connectivity index is 2.14. The van der Waals surface area contributed by atoms with Gasteiger partial charge in [-0.3, -0.25) is 4.79 Å². The Kier molecular flexibility index (Phi) is 5.45. The van der Waals surface area contributed by atoms with Crippen molar-refractivity contribution in [2.75, 3.05) is 7.11 Å². The first-order chi connectivity index (χ1) is 12.9. The molecule has 0 bridgehead atoms. The van der Waals surface area contributed by atoms with Gasteiger partial charge in [0.25, 0.3) is 0 Å². The number of halogens is 1. The van der Waals surface area contributed by atoms with Crippen LogP contribution in [0.3, 0.4) is 0 Å². The van der Waals surface area contributed by atoms with Crippen LogP contribution in [0.5, 0.6) is 5.75 Å². The molecule has 3 aromatic rings. The van der Waals surface area contributed by atoms with E-state index in [9.17, 15) is 9.18 Å². The highest BCUT2D eigenvalue weighted by Crippen LogP contribution is 2.30. The third kappa shape index (κ3) is 4.27. The second-order valence-electron chi connectivity index (χ2n) is 6.94. The summed E-state index contributed by atoms with van der Waals surface area (Å²) in [7, 11) is 3.44. The highest BCUT2D eigenvalue weighted by molar-refractivity contribution is 6.33. The molecule has 2 aromatic carbocycles. The van der Waals surface area contributed by atoms with Crippen molar-refractivity contribution in [3.8, 4) is 17.0 Å². The summed E-state index contributed by atoms with van der Waals surface area (Å²) in [6.45, 7) is 3.84. The molecule has 138 valence electrons. The minimum absolute atomic E-state index is 0.0579. The Morgan fingerprint density at radius 2 is 2.00 bits per heavy atom. The molecule has 3 rings (SSSR count). The number of ether oxygens (including phenoxy) is 1. The van der Waals surface area contributed by atoms with Gasteiger partial charge < -0.3 is 10.1 Å². The predicted octanol–water partition coefficient (Wildman–Crippen LogP) is 2.38. The van der Waals surface area contributed by atoms with E-state index >= 15 is 0 Å². The molecular weight excluding hydrogens is 342 g/mol. The van der Waals surface area contributed by atoms with Gasteiger partial charge in [-0.1, -0.05) is 17.6 Å². The summed E-state index contributed by atoms with van der Waals surface area (Å²) in [5.41, 5.74) is 4.11. The maximum atomic E-state index is 13.8. The number of carbonyl (C=O) groups is 1. The molecular formula is C21H22BFN2O2. The zero-order valence-electron chi connectivity index (χ0n) is 16.0. The lowest BCUT2D eigenvalue weighted by Gasteiger charge is -2.14. The third-order valence-electron chi connectivity index (χ3n) is 4.27. The summed E-state index contributed by atoms with van der Waals surface area (Å²) in [4.78, 5) is 17.1. The Hall–Kier alpha value is -2.89. The molecule has 1 heterocycles. The molecule has 0 fully saturated rings. The van der Waals surface area contributed by atoms with Gasteiger partial charge in [0, 0.05) is 11.6 Å². The maximum Gasteiger partial charge on any atom is 0.224 e. The molecule has 6 heteroatoms. The van der Waals surface area contributed by atoms with Gasteiger partial charge in [0.15, 0.2) is 11.6 Å². The summed E-state index contributed by atoms with van der Waals surface area (Å²) >= 11 is 0. The number of rotatable bonds is 5. The SMILES string of the molecule is Bc1ccc2nc(-c3ccc(F)c(OC)c3)c(CC(=O)NC(C)C)cc2c1. The van der Waals surface area contributed by atoms with E-state index in [0.29, 0.717) is 11.3 Å². The maximum absolute atomic E-state index is 13.8. The second kappa shape index (κ2) is 7.78. The fraction of sp³-hybridized carbons (Fsp3) is 0.238. The van der Waals surface area contributed by atoms with E-state index in [1.54, 1.807) is 12.1 Å². The number of aromatic nitrogens is 1. The molecule has 0 aliphatic carbocycles. The van der Waals surface area contributed by atoms with E-state index in [4.69, 9.17) is 9.72 Å². The molecule has 27 heavy (non-hydrogen) atoms. The van der Waals surface area contributed by atoms with Gasteiger partial charge in [-0.15, -0.1) is 0 Å². The zero-order chi connectivity index (χ0) is 19.6. The first-order valence-corrected chi connectivity index (χ1v) is 8.91. The lowest BCUT2D eigenvalue weighted by molar-refractivity contribution is -0.120. The van der Waals surface area contributed by atoms with Gasteiger partial charge in [0.05, 0.1) is 24.7 Å². The molecule has 0 atom stereocenters. The van der Waals surface area contributed by atoms with Gasteiger partial charge in [-0.2, -0.15) is 0 Å². The summed E-state index contributed by atoms with van der Waals surface area (Å²) in [6.07, 6.45) is 0.198. The van der Waals surface area contributed by atoms with Gasteiger partial charge in [0.1, 0.15) is 7.85 Å². The molecule has 0 aliphatic rings. The standard InChI is InChI=1S/C21H22BFN2O2/c1-12(2)24-20(26)11-15-8-14-9-16(22)5-7-18(14)25-21(15)13-4-6-17(23)19(10-13)27-3/h4-10,12H,11,22H2,1-3H3,(H,24,26). The van der Waals surface area contributed by atoms with E-state index in [1.807, 2.05) is 46.0 Å². The first kappa shape index (κ1) is 18.9. The number of hydrogen-bond donors (Lipinski definition) is 1. The number of nitrogens with one attached hydrogen (secondary N) is 1. The monoisotopic (exact) mass is 364 g/mol. The molecule has 1 amide bonds. The molecule has 0 radical (unpaired) electrons. The number of fused-ring (bicyclic) bond motifs is 1. The van der Waals surface area contributed by atoms with Crippen molar-refractivity contribution in [1.82, 2.24) is 10.3 Å². The number of nitrogens with zero attached hydrogens (tertiary/aromatic N) is 1. The van der Waals surface area contributed by atoms with E-state index in [-0.39, 0.29) is 24.1 Å². The van der Waals surface area contributed by atoms with Crippen LogP contribution < -0.4 is 15.5 Å². The average Bonchev–Trinajstić information content (AvgIpc) is 2.61. The van der Waals surface area contributed by atoms with Crippen LogP contribution in [0.4, 0.5) is 4.39 Å². The summed E-state index contributed by atoms with van der Waals surface area (Å²) in [6, 6.07) is 12.7. The molecule has 0 saturated carbocycles. The van der Waals surface area contributed by atoms with Crippen molar-refractivity contribution >= 4 is 30.1 Å². The minimum Gasteiger partial charge on any atom is -0.494 e. The zero-order valence-corrected chi connectivity index (χ0v) is 16.0. The Labute approximate surface area is 159 Å². The number of amides is 1. The predicted molar refractivity (Wildman–Crippen MR) is 109 cm³/mol. The highest BCUT2D eigenvalue weighted by atomic mass is 19.1. The van der Waals surface area contributed by atoms with Crippen molar-refractivity contribution in [2.24, 2.45) is 0 Å². The highest BCUT2D eigenvalue weighted by Gasteiger charge is 2.15. The number of benzene rings is 2. The van der Waals surface area contributed by atoms with Crippen LogP contribution in [0.15, 0.2) is 42.5 Å². The van der Waals surface area contributed by atoms with E-state index < -0.39 is 5.82 Å². The van der Waals surface area contributed by atoms with Crippen molar-refractivity contribution in [3.05, 3.63) is 53.8 Å². The van der Waals surface area contributed by atoms with Crippen LogP contribution in [0.1, 0.15) is 19.4 Å². The minimum atomic E-state index is -0.434. The van der Waals surface area contributed by atoms with Crippen LogP contribution in [-0.4, -0.2) is 31.9 Å². The van der Waals surface area contributed by atoms with Crippen LogP contribution in [0.25, 0.3) is 22.2 Å². The van der Waals surface area contributed by atoms with E-state index in [0.717, 1.165) is 21.9 Å². The summed E-state index contributed by atoms with van der Waals surface area (Å²) in [5.74, 6) is -0.359. The molecule has 1 N–H and O–H groups in total. The molecule has 1 aromatic heterocycles. The third-order valence-corrected chi connectivity index (χ3v) is 4.27. The van der Waals surface area contributed by atoms with Crippen molar-refractivity contribution in [3.63, 3.8) is 0 Å². The Morgan fingerprint density at radius 3 is 2.70 bits per heavy atom. The van der Waals surface area contributed by atoms with Gasteiger partial charge in [0.2, 0.25) is 5.91 Å². The number of hydrogen-bond acceptors (Lipinski definition) is 3. The molecule has 0 spiro atoms. The summed E-state index contributed by atoms with van der Waals surface area (Å²) in [5, 5.41) is 3.88. The van der Waals surface area contributed by atoms with Crippen LogP contribution in [0.2, 0.25) is 0 Å². The van der Waals surface area contributed by atoms with Crippen LogP contribution in [-0.2, 0) is 11.2 Å². The number of pyridine rings is 1. The Bertz CT molecular complexity index is 1000. The van der Waals surface area contributed by atoms with Crippen molar-refractivity contribution in [1.29, 1.82) is 0 Å². The van der Waals surface area contributed by atoms with Crippen LogP contribution >= 0.6 is 0 Å². The molecule has 0 aliphatic heterocycles.